The minimum atomic E-state index is -4.82. The van der Waals surface area contributed by atoms with Crippen LogP contribution in [0.5, 0.6) is 0 Å². The van der Waals surface area contributed by atoms with Crippen molar-refractivity contribution < 1.29 is 26.7 Å². The summed E-state index contributed by atoms with van der Waals surface area (Å²) >= 11 is 0. The number of rotatable bonds is 7. The number of alkyl halides is 4. The molecule has 0 heterocycles. The van der Waals surface area contributed by atoms with Gasteiger partial charge in [-0.1, -0.05) is 12.1 Å². The second kappa shape index (κ2) is 6.36. The van der Waals surface area contributed by atoms with Gasteiger partial charge in [0, 0.05) is 24.5 Å². The van der Waals surface area contributed by atoms with Crippen molar-refractivity contribution in [3.8, 4) is 0 Å². The average molecular weight is 327 g/mol. The van der Waals surface area contributed by atoms with Gasteiger partial charge in [-0.2, -0.15) is 17.6 Å². The first kappa shape index (κ1) is 18.0. The second-order valence-electron chi connectivity index (χ2n) is 4.49. The Labute approximate surface area is 121 Å². The summed E-state index contributed by atoms with van der Waals surface area (Å²) in [6, 6.07) is 4.51. The van der Waals surface area contributed by atoms with Crippen LogP contribution in [-0.2, 0) is 15.0 Å². The molecule has 0 radical (unpaired) electrons. The van der Waals surface area contributed by atoms with Crippen molar-refractivity contribution in [2.75, 3.05) is 25.1 Å². The monoisotopic (exact) mass is 327 g/mol. The summed E-state index contributed by atoms with van der Waals surface area (Å²) in [5.74, 6) is -4.60. The first-order valence-electron chi connectivity index (χ1n) is 6.42. The molecule has 120 valence electrons. The minimum Gasteiger partial charge on any atom is -0.385 e. The molecular formula is C13H18F4NO2P. The van der Waals surface area contributed by atoms with Gasteiger partial charge in [0.2, 0.25) is 0 Å². The molecule has 0 aliphatic rings. The van der Waals surface area contributed by atoms with Crippen molar-refractivity contribution >= 4 is 13.1 Å². The van der Waals surface area contributed by atoms with Crippen LogP contribution in [0.15, 0.2) is 24.3 Å². The molecule has 0 fully saturated rings. The second-order valence-corrected chi connectivity index (χ2v) is 7.00. The first-order chi connectivity index (χ1) is 9.60. The molecule has 1 N–H and O–H groups in total. The molecule has 8 heteroatoms. The Kier molecular flexibility index (Phi) is 5.45. The molecule has 1 atom stereocenters. The van der Waals surface area contributed by atoms with Gasteiger partial charge in [0.1, 0.15) is 0 Å². The highest BCUT2D eigenvalue weighted by Gasteiger charge is 2.67. The molecule has 1 unspecified atom stereocenters. The average Bonchev–Trinajstić information content (AvgIpc) is 2.39. The van der Waals surface area contributed by atoms with Crippen LogP contribution in [-0.4, -0.2) is 25.5 Å². The van der Waals surface area contributed by atoms with E-state index >= 15 is 0 Å². The highest BCUT2D eigenvalue weighted by atomic mass is 31.2. The molecule has 0 aliphatic heterocycles. The molecule has 0 saturated heterocycles. The van der Waals surface area contributed by atoms with Crippen molar-refractivity contribution in [3.05, 3.63) is 29.8 Å². The Bertz CT molecular complexity index is 537. The molecule has 0 amide bonds. The number of nitrogens with one attached hydrogen (secondary N) is 1. The van der Waals surface area contributed by atoms with Crippen LogP contribution < -0.4 is 5.32 Å². The molecule has 0 spiro atoms. The molecule has 0 saturated carbocycles. The van der Waals surface area contributed by atoms with Crippen molar-refractivity contribution in [2.24, 2.45) is 0 Å². The molecule has 0 aliphatic carbocycles. The molecule has 21 heavy (non-hydrogen) atoms. The van der Waals surface area contributed by atoms with Gasteiger partial charge in [0.05, 0.1) is 6.61 Å². The smallest absolute Gasteiger partial charge is 0.385 e. The van der Waals surface area contributed by atoms with E-state index in [1.807, 2.05) is 0 Å². The fourth-order valence-electron chi connectivity index (χ4n) is 1.78. The summed E-state index contributed by atoms with van der Waals surface area (Å²) in [5.41, 5.74) is -5.42. The van der Waals surface area contributed by atoms with Crippen LogP contribution in [0.4, 0.5) is 23.2 Å². The van der Waals surface area contributed by atoms with E-state index in [4.69, 9.17) is 0 Å². The van der Waals surface area contributed by atoms with E-state index in [0.717, 1.165) is 12.1 Å². The Balaban J connectivity index is 3.25. The summed E-state index contributed by atoms with van der Waals surface area (Å²) in [6.45, 7) is 3.71. The number of anilines is 1. The van der Waals surface area contributed by atoms with E-state index in [9.17, 15) is 22.1 Å². The maximum absolute atomic E-state index is 14.1. The fourth-order valence-corrected chi connectivity index (χ4v) is 3.08. The van der Waals surface area contributed by atoms with Gasteiger partial charge in [0.25, 0.3) is 7.37 Å². The van der Waals surface area contributed by atoms with E-state index in [1.54, 1.807) is 6.92 Å². The lowest BCUT2D eigenvalue weighted by molar-refractivity contribution is -0.170. The van der Waals surface area contributed by atoms with Crippen LogP contribution in [0.1, 0.15) is 19.4 Å². The zero-order valence-electron chi connectivity index (χ0n) is 12.0. The lowest BCUT2D eigenvalue weighted by Crippen LogP contribution is -2.38. The topological polar surface area (TPSA) is 38.3 Å². The zero-order valence-corrected chi connectivity index (χ0v) is 12.9. The number of benzene rings is 1. The van der Waals surface area contributed by atoms with E-state index in [0.29, 0.717) is 13.2 Å². The summed E-state index contributed by atoms with van der Waals surface area (Å²) in [7, 11) is -4.82. The molecular weight excluding hydrogens is 309 g/mol. The zero-order chi connectivity index (χ0) is 16.3. The van der Waals surface area contributed by atoms with Gasteiger partial charge >= 0.3 is 11.6 Å². The summed E-state index contributed by atoms with van der Waals surface area (Å²) in [6.07, 6.45) is 0. The predicted molar refractivity (Wildman–Crippen MR) is 74.6 cm³/mol. The summed E-state index contributed by atoms with van der Waals surface area (Å²) in [4.78, 5) is 0. The van der Waals surface area contributed by atoms with Crippen LogP contribution in [0.25, 0.3) is 0 Å². The number of halogens is 4. The summed E-state index contributed by atoms with van der Waals surface area (Å²) in [5, 5.41) is 2.76. The number of hydrogen-bond acceptors (Lipinski definition) is 3. The van der Waals surface area contributed by atoms with E-state index < -0.39 is 24.5 Å². The van der Waals surface area contributed by atoms with Crippen molar-refractivity contribution in [1.29, 1.82) is 0 Å². The first-order valence-corrected chi connectivity index (χ1v) is 8.49. The molecule has 3 nitrogen and oxygen atoms in total. The fraction of sp³-hybridized carbons (Fsp3) is 0.538. The molecule has 0 aromatic heterocycles. The van der Waals surface area contributed by atoms with E-state index in [-0.39, 0.29) is 12.3 Å². The highest BCUT2D eigenvalue weighted by Crippen LogP contribution is 2.66. The van der Waals surface area contributed by atoms with Crippen molar-refractivity contribution in [1.82, 2.24) is 0 Å². The molecule has 1 aromatic carbocycles. The Morgan fingerprint density at radius 2 is 1.86 bits per heavy atom. The van der Waals surface area contributed by atoms with Gasteiger partial charge in [-0.05, 0) is 26.0 Å². The van der Waals surface area contributed by atoms with Gasteiger partial charge in [-0.15, -0.1) is 0 Å². The predicted octanol–water partition coefficient (Wildman–Crippen LogP) is 4.75. The molecule has 1 rings (SSSR count). The lowest BCUT2D eigenvalue weighted by Gasteiger charge is -2.31. The Morgan fingerprint density at radius 1 is 1.24 bits per heavy atom. The van der Waals surface area contributed by atoms with Crippen LogP contribution in [0, 0.1) is 0 Å². The van der Waals surface area contributed by atoms with Crippen LogP contribution in [0.2, 0.25) is 0 Å². The Morgan fingerprint density at radius 3 is 2.38 bits per heavy atom. The van der Waals surface area contributed by atoms with Crippen molar-refractivity contribution in [3.63, 3.8) is 0 Å². The van der Waals surface area contributed by atoms with E-state index in [2.05, 4.69) is 9.84 Å². The summed E-state index contributed by atoms with van der Waals surface area (Å²) < 4.78 is 72.5. The Hall–Kier alpha value is -1.07. The van der Waals surface area contributed by atoms with Gasteiger partial charge in [-0.25, -0.2) is 0 Å². The third-order valence-corrected chi connectivity index (χ3v) is 4.92. The maximum Gasteiger partial charge on any atom is 0.387 e. The lowest BCUT2D eigenvalue weighted by atomic mass is 10.1. The highest BCUT2D eigenvalue weighted by molar-refractivity contribution is 7.59. The van der Waals surface area contributed by atoms with Crippen LogP contribution >= 0.6 is 7.37 Å². The third-order valence-electron chi connectivity index (χ3n) is 2.87. The normalized spacial score (nSPS) is 15.6. The van der Waals surface area contributed by atoms with Crippen LogP contribution in [0.3, 0.4) is 0 Å². The maximum atomic E-state index is 14.1. The van der Waals surface area contributed by atoms with Gasteiger partial charge in [-0.3, -0.25) is 4.57 Å². The quantitative estimate of drug-likeness (QED) is 0.580. The van der Waals surface area contributed by atoms with Gasteiger partial charge in [0.15, 0.2) is 0 Å². The third kappa shape index (κ3) is 3.40. The van der Waals surface area contributed by atoms with Crippen molar-refractivity contribution in [2.45, 2.75) is 25.4 Å². The SMILES string of the molecule is CCNc1cccc(C(F)(F)C(F)(F)P(C)(=O)OCC)c1. The molecule has 1 aromatic rings. The van der Waals surface area contributed by atoms with E-state index in [1.165, 1.54) is 19.1 Å². The standard InChI is InChI=1S/C13H18F4NO2P/c1-4-18-11-8-6-7-10(9-11)12(14,15)13(16,17)21(3,19)20-5-2/h6-9,18H,4-5H2,1-3H3. The molecule has 0 bridgehead atoms. The minimum absolute atomic E-state index is 0.285. The largest absolute Gasteiger partial charge is 0.387 e. The number of hydrogen-bond donors (Lipinski definition) is 1. The van der Waals surface area contributed by atoms with Gasteiger partial charge < -0.3 is 9.84 Å².